The van der Waals surface area contributed by atoms with Crippen molar-refractivity contribution in [3.05, 3.63) is 58.3 Å². The van der Waals surface area contributed by atoms with E-state index in [2.05, 4.69) is 0 Å². The number of benzene rings is 1. The summed E-state index contributed by atoms with van der Waals surface area (Å²) in [6.45, 7) is 3.00. The van der Waals surface area contributed by atoms with Gasteiger partial charge in [0.25, 0.3) is 5.56 Å². The minimum Gasteiger partial charge on any atom is -0.488 e. The molecule has 0 N–H and O–H groups in total. The molecule has 1 saturated heterocycles. The van der Waals surface area contributed by atoms with Gasteiger partial charge >= 0.3 is 0 Å². The van der Waals surface area contributed by atoms with Crippen LogP contribution in [0.4, 0.5) is 4.39 Å². The summed E-state index contributed by atoms with van der Waals surface area (Å²) in [6.07, 6.45) is 0.627. The van der Waals surface area contributed by atoms with Crippen LogP contribution in [-0.4, -0.2) is 40.3 Å². The van der Waals surface area contributed by atoms with E-state index in [0.717, 1.165) is 17.0 Å². The molecule has 5 nitrogen and oxygen atoms in total. The van der Waals surface area contributed by atoms with Crippen molar-refractivity contribution in [2.75, 3.05) is 18.8 Å². The van der Waals surface area contributed by atoms with Crippen molar-refractivity contribution in [2.24, 2.45) is 7.05 Å². The first-order chi connectivity index (χ1) is 12.4. The molecule has 1 amide bonds. The number of aryl methyl sites for hydroxylation is 1. The standard InChI is InChI=1S/C19H21FN2O3S/c1-13-9-16(10-18(23)21(13)2)25-15-7-8-22(11-15)19(24)12-26-17-5-3-14(20)4-6-17/h3-6,9-10,15H,7-8,11-12H2,1-2H3. The van der Waals surface area contributed by atoms with Gasteiger partial charge in [0, 0.05) is 36.7 Å². The van der Waals surface area contributed by atoms with Gasteiger partial charge in [0.1, 0.15) is 17.7 Å². The van der Waals surface area contributed by atoms with Crippen LogP contribution in [0.2, 0.25) is 0 Å². The summed E-state index contributed by atoms with van der Waals surface area (Å²) >= 11 is 1.39. The van der Waals surface area contributed by atoms with Gasteiger partial charge in [0.15, 0.2) is 0 Å². The molecule has 1 fully saturated rings. The summed E-state index contributed by atoms with van der Waals surface area (Å²) in [5.41, 5.74) is 0.718. The van der Waals surface area contributed by atoms with Gasteiger partial charge in [-0.05, 0) is 37.3 Å². The van der Waals surface area contributed by atoms with Gasteiger partial charge in [-0.3, -0.25) is 9.59 Å². The first-order valence-corrected chi connectivity index (χ1v) is 9.41. The average molecular weight is 376 g/mol. The molecule has 1 unspecified atom stereocenters. The van der Waals surface area contributed by atoms with E-state index >= 15 is 0 Å². The Morgan fingerprint density at radius 3 is 2.73 bits per heavy atom. The molecule has 1 aliphatic rings. The van der Waals surface area contributed by atoms with Crippen molar-refractivity contribution in [1.82, 2.24) is 9.47 Å². The number of amides is 1. The Hall–Kier alpha value is -2.28. The van der Waals surface area contributed by atoms with Crippen LogP contribution in [-0.2, 0) is 11.8 Å². The second-order valence-electron chi connectivity index (χ2n) is 6.34. The summed E-state index contributed by atoms with van der Waals surface area (Å²) < 4.78 is 20.4. The van der Waals surface area contributed by atoms with Crippen LogP contribution in [0.3, 0.4) is 0 Å². The fraction of sp³-hybridized carbons (Fsp3) is 0.368. The third-order valence-corrected chi connectivity index (χ3v) is 5.45. The number of pyridine rings is 1. The van der Waals surface area contributed by atoms with E-state index in [0.29, 0.717) is 24.6 Å². The highest BCUT2D eigenvalue weighted by atomic mass is 32.2. The zero-order chi connectivity index (χ0) is 18.7. The molecule has 7 heteroatoms. The van der Waals surface area contributed by atoms with Gasteiger partial charge in [-0.15, -0.1) is 11.8 Å². The number of ether oxygens (including phenoxy) is 1. The van der Waals surface area contributed by atoms with Crippen LogP contribution in [0.1, 0.15) is 12.1 Å². The summed E-state index contributed by atoms with van der Waals surface area (Å²) in [4.78, 5) is 26.8. The second-order valence-corrected chi connectivity index (χ2v) is 7.39. The van der Waals surface area contributed by atoms with Gasteiger partial charge in [0.05, 0.1) is 12.3 Å². The quantitative estimate of drug-likeness (QED) is 0.753. The van der Waals surface area contributed by atoms with E-state index < -0.39 is 0 Å². The zero-order valence-corrected chi connectivity index (χ0v) is 15.6. The van der Waals surface area contributed by atoms with E-state index in [9.17, 15) is 14.0 Å². The van der Waals surface area contributed by atoms with E-state index in [1.807, 2.05) is 13.0 Å². The van der Waals surface area contributed by atoms with E-state index in [-0.39, 0.29) is 23.4 Å². The van der Waals surface area contributed by atoms with Crippen LogP contribution in [0.5, 0.6) is 5.75 Å². The first-order valence-electron chi connectivity index (χ1n) is 8.43. The SMILES string of the molecule is Cc1cc(OC2CCN(C(=O)CSc3ccc(F)cc3)C2)cc(=O)n1C. The van der Waals surface area contributed by atoms with E-state index in [1.165, 1.54) is 30.0 Å². The smallest absolute Gasteiger partial charge is 0.254 e. The maximum atomic E-state index is 12.9. The average Bonchev–Trinajstić information content (AvgIpc) is 3.07. The van der Waals surface area contributed by atoms with Crippen molar-refractivity contribution in [2.45, 2.75) is 24.3 Å². The number of hydrogen-bond acceptors (Lipinski definition) is 4. The number of rotatable bonds is 5. The summed E-state index contributed by atoms with van der Waals surface area (Å²) in [6, 6.07) is 9.41. The third kappa shape index (κ3) is 4.46. The molecule has 1 aromatic heterocycles. The molecular formula is C19H21FN2O3S. The van der Waals surface area contributed by atoms with Crippen LogP contribution < -0.4 is 10.3 Å². The van der Waals surface area contributed by atoms with Crippen LogP contribution >= 0.6 is 11.8 Å². The maximum absolute atomic E-state index is 12.9. The molecular weight excluding hydrogens is 355 g/mol. The molecule has 0 aliphatic carbocycles. The number of nitrogens with zero attached hydrogens (tertiary/aromatic N) is 2. The van der Waals surface area contributed by atoms with Crippen LogP contribution in [0, 0.1) is 12.7 Å². The number of carbonyl (C=O) groups excluding carboxylic acids is 1. The molecule has 0 bridgehead atoms. The monoisotopic (exact) mass is 376 g/mol. The van der Waals surface area contributed by atoms with Gasteiger partial charge in [-0.2, -0.15) is 0 Å². The Morgan fingerprint density at radius 2 is 2.04 bits per heavy atom. The fourth-order valence-electron chi connectivity index (χ4n) is 2.82. The predicted octanol–water partition coefficient (Wildman–Crippen LogP) is 2.60. The Kier molecular flexibility index (Phi) is 5.66. The molecule has 138 valence electrons. The fourth-order valence-corrected chi connectivity index (χ4v) is 3.62. The molecule has 3 rings (SSSR count). The maximum Gasteiger partial charge on any atom is 0.254 e. The Morgan fingerprint density at radius 1 is 1.31 bits per heavy atom. The summed E-state index contributed by atoms with van der Waals surface area (Å²) in [5, 5.41) is 0. The largest absolute Gasteiger partial charge is 0.488 e. The molecule has 2 heterocycles. The lowest BCUT2D eigenvalue weighted by Crippen LogP contribution is -2.32. The third-order valence-electron chi connectivity index (χ3n) is 4.45. The van der Waals surface area contributed by atoms with Gasteiger partial charge in [0.2, 0.25) is 5.91 Å². The van der Waals surface area contributed by atoms with Crippen molar-refractivity contribution >= 4 is 17.7 Å². The van der Waals surface area contributed by atoms with Crippen LogP contribution in [0.25, 0.3) is 0 Å². The highest BCUT2D eigenvalue weighted by molar-refractivity contribution is 8.00. The van der Waals surface area contributed by atoms with Crippen molar-refractivity contribution in [1.29, 1.82) is 0 Å². The minimum absolute atomic E-state index is 0.0329. The Balaban J connectivity index is 1.52. The molecule has 2 aromatic rings. The number of thioether (sulfide) groups is 1. The normalized spacial score (nSPS) is 16.7. The Labute approximate surface area is 155 Å². The molecule has 1 aromatic carbocycles. The zero-order valence-electron chi connectivity index (χ0n) is 14.8. The molecule has 0 saturated carbocycles. The number of aromatic nitrogens is 1. The van der Waals surface area contributed by atoms with Crippen molar-refractivity contribution in [3.63, 3.8) is 0 Å². The second kappa shape index (κ2) is 7.95. The summed E-state index contributed by atoms with van der Waals surface area (Å²) in [7, 11) is 1.72. The number of carbonyl (C=O) groups is 1. The topological polar surface area (TPSA) is 51.5 Å². The lowest BCUT2D eigenvalue weighted by atomic mass is 10.3. The molecule has 0 spiro atoms. The molecule has 1 atom stereocenters. The van der Waals surface area contributed by atoms with Crippen molar-refractivity contribution < 1.29 is 13.9 Å². The Bertz CT molecular complexity index is 851. The van der Waals surface area contributed by atoms with Crippen LogP contribution in [0.15, 0.2) is 46.1 Å². The van der Waals surface area contributed by atoms with Gasteiger partial charge in [-0.25, -0.2) is 4.39 Å². The van der Waals surface area contributed by atoms with Gasteiger partial charge in [-0.1, -0.05) is 0 Å². The number of halogens is 1. The number of likely N-dealkylation sites (tertiary alicyclic amines) is 1. The lowest BCUT2D eigenvalue weighted by molar-refractivity contribution is -0.127. The highest BCUT2D eigenvalue weighted by Crippen LogP contribution is 2.22. The van der Waals surface area contributed by atoms with Crippen molar-refractivity contribution in [3.8, 4) is 5.75 Å². The number of hydrogen-bond donors (Lipinski definition) is 0. The lowest BCUT2D eigenvalue weighted by Gasteiger charge is -2.17. The predicted molar refractivity (Wildman–Crippen MR) is 99.2 cm³/mol. The molecule has 26 heavy (non-hydrogen) atoms. The molecule has 1 aliphatic heterocycles. The van der Waals surface area contributed by atoms with E-state index in [1.54, 1.807) is 28.6 Å². The first kappa shape index (κ1) is 18.5. The highest BCUT2D eigenvalue weighted by Gasteiger charge is 2.27. The molecule has 0 radical (unpaired) electrons. The minimum atomic E-state index is -0.286. The van der Waals surface area contributed by atoms with E-state index in [4.69, 9.17) is 4.74 Å². The summed E-state index contributed by atoms with van der Waals surface area (Å²) in [5.74, 6) is 0.603. The van der Waals surface area contributed by atoms with Gasteiger partial charge < -0.3 is 14.2 Å².